The Balaban J connectivity index is 2.86. The third-order valence-corrected chi connectivity index (χ3v) is 1.67. The molecule has 56 valence electrons. The van der Waals surface area contributed by atoms with Crippen molar-refractivity contribution in [1.82, 2.24) is 9.61 Å². The van der Waals surface area contributed by atoms with Crippen LogP contribution in [0.1, 0.15) is 5.56 Å². The third kappa shape index (κ3) is 0.888. The minimum Gasteiger partial charge on any atom is -0.241 e. The predicted molar refractivity (Wildman–Crippen MR) is 39.9 cm³/mol. The normalized spacial score (nSPS) is 10.7. The number of hydrogen-bond acceptors (Lipinski definition) is 1. The zero-order valence-electron chi connectivity index (χ0n) is 6.08. The highest BCUT2D eigenvalue weighted by Crippen LogP contribution is 2.09. The Hall–Kier alpha value is -1.38. The van der Waals surface area contributed by atoms with Crippen LogP contribution in [0.3, 0.4) is 0 Å². The molecule has 0 saturated carbocycles. The molecule has 0 radical (unpaired) electrons. The van der Waals surface area contributed by atoms with Gasteiger partial charge in [0.25, 0.3) is 0 Å². The minimum atomic E-state index is -0.182. The molecule has 2 nitrogen and oxygen atoms in total. The summed E-state index contributed by atoms with van der Waals surface area (Å²) in [6.45, 7) is 1.72. The summed E-state index contributed by atoms with van der Waals surface area (Å²) in [5, 5.41) is 3.97. The van der Waals surface area contributed by atoms with E-state index >= 15 is 0 Å². The average molecular weight is 150 g/mol. The van der Waals surface area contributed by atoms with E-state index in [1.165, 1.54) is 6.07 Å². The summed E-state index contributed by atoms with van der Waals surface area (Å²) in [5.41, 5.74) is 1.40. The van der Waals surface area contributed by atoms with Gasteiger partial charge in [-0.1, -0.05) is 0 Å². The third-order valence-electron chi connectivity index (χ3n) is 1.67. The molecular weight excluding hydrogens is 143 g/mol. The van der Waals surface area contributed by atoms with Crippen molar-refractivity contribution in [2.24, 2.45) is 0 Å². The fraction of sp³-hybridized carbons (Fsp3) is 0.125. The predicted octanol–water partition coefficient (Wildman–Crippen LogP) is 1.78. The van der Waals surface area contributed by atoms with E-state index in [1.54, 1.807) is 29.9 Å². The molecule has 2 aromatic heterocycles. The van der Waals surface area contributed by atoms with E-state index in [4.69, 9.17) is 0 Å². The van der Waals surface area contributed by atoms with Gasteiger partial charge in [0, 0.05) is 18.0 Å². The maximum absolute atomic E-state index is 12.9. The first-order valence-electron chi connectivity index (χ1n) is 3.37. The summed E-state index contributed by atoms with van der Waals surface area (Å²) in [7, 11) is 0. The van der Waals surface area contributed by atoms with Gasteiger partial charge < -0.3 is 0 Å². The Bertz CT molecular complexity index is 356. The highest BCUT2D eigenvalue weighted by atomic mass is 19.1. The number of rotatable bonds is 0. The zero-order chi connectivity index (χ0) is 7.84. The van der Waals surface area contributed by atoms with Gasteiger partial charge in [-0.25, -0.2) is 8.91 Å². The Morgan fingerprint density at radius 3 is 3.18 bits per heavy atom. The van der Waals surface area contributed by atoms with Crippen molar-refractivity contribution in [2.45, 2.75) is 6.92 Å². The minimum absolute atomic E-state index is 0.182. The van der Waals surface area contributed by atoms with Crippen LogP contribution in [0.15, 0.2) is 24.5 Å². The zero-order valence-corrected chi connectivity index (χ0v) is 6.08. The molecule has 0 atom stereocenters. The highest BCUT2D eigenvalue weighted by molar-refractivity contribution is 5.46. The Morgan fingerprint density at radius 2 is 2.36 bits per heavy atom. The number of fused-ring (bicyclic) bond motifs is 1. The van der Waals surface area contributed by atoms with Crippen molar-refractivity contribution in [3.8, 4) is 0 Å². The summed E-state index contributed by atoms with van der Waals surface area (Å²) in [6.07, 6.45) is 3.32. The number of aryl methyl sites for hydroxylation is 1. The molecule has 3 heteroatoms. The van der Waals surface area contributed by atoms with E-state index in [0.29, 0.717) is 5.56 Å². The summed E-state index contributed by atoms with van der Waals surface area (Å²) < 4.78 is 14.5. The molecule has 0 N–H and O–H groups in total. The van der Waals surface area contributed by atoms with Gasteiger partial charge in [0.1, 0.15) is 5.82 Å². The fourth-order valence-corrected chi connectivity index (χ4v) is 1.04. The molecular formula is C8H7FN2. The Morgan fingerprint density at radius 1 is 1.55 bits per heavy atom. The topological polar surface area (TPSA) is 17.3 Å². The molecule has 0 aliphatic carbocycles. The first-order chi connectivity index (χ1) is 5.27. The summed E-state index contributed by atoms with van der Waals surface area (Å²) >= 11 is 0. The smallest absolute Gasteiger partial charge is 0.129 e. The number of pyridine rings is 1. The van der Waals surface area contributed by atoms with E-state index in [2.05, 4.69) is 5.10 Å². The number of nitrogens with zero attached hydrogens (tertiary/aromatic N) is 2. The molecule has 0 spiro atoms. The lowest BCUT2D eigenvalue weighted by atomic mass is 10.3. The largest absolute Gasteiger partial charge is 0.241 e. The van der Waals surface area contributed by atoms with Crippen molar-refractivity contribution in [2.75, 3.05) is 0 Å². The molecule has 2 rings (SSSR count). The van der Waals surface area contributed by atoms with E-state index in [0.717, 1.165) is 5.52 Å². The van der Waals surface area contributed by atoms with E-state index in [-0.39, 0.29) is 5.82 Å². The van der Waals surface area contributed by atoms with Gasteiger partial charge in [0.05, 0.1) is 5.52 Å². The second-order valence-corrected chi connectivity index (χ2v) is 2.51. The van der Waals surface area contributed by atoms with Crippen LogP contribution in [0.5, 0.6) is 0 Å². The monoisotopic (exact) mass is 150 g/mol. The molecule has 0 aromatic carbocycles. The molecule has 0 fully saturated rings. The molecule has 2 aromatic rings. The van der Waals surface area contributed by atoms with Gasteiger partial charge in [-0.3, -0.25) is 0 Å². The van der Waals surface area contributed by atoms with Crippen LogP contribution >= 0.6 is 0 Å². The Labute approximate surface area is 63.3 Å². The average Bonchev–Trinajstić information content (AvgIpc) is 2.36. The lowest BCUT2D eigenvalue weighted by molar-refractivity contribution is 0.615. The molecule has 0 aliphatic rings. The molecule has 0 saturated heterocycles. The van der Waals surface area contributed by atoms with E-state index in [1.807, 2.05) is 0 Å². The van der Waals surface area contributed by atoms with Crippen LogP contribution in [0.25, 0.3) is 5.52 Å². The second kappa shape index (κ2) is 2.05. The van der Waals surface area contributed by atoms with Crippen LogP contribution in [0.2, 0.25) is 0 Å². The van der Waals surface area contributed by atoms with Crippen molar-refractivity contribution in [3.63, 3.8) is 0 Å². The van der Waals surface area contributed by atoms with Crippen LogP contribution in [0.4, 0.5) is 4.39 Å². The van der Waals surface area contributed by atoms with E-state index < -0.39 is 0 Å². The van der Waals surface area contributed by atoms with Gasteiger partial charge in [-0.15, -0.1) is 0 Å². The van der Waals surface area contributed by atoms with Crippen LogP contribution in [-0.2, 0) is 0 Å². The quantitative estimate of drug-likeness (QED) is 0.559. The molecule has 0 amide bonds. The highest BCUT2D eigenvalue weighted by Gasteiger charge is 1.99. The lowest BCUT2D eigenvalue weighted by Crippen LogP contribution is -1.90. The maximum atomic E-state index is 12.9. The Kier molecular flexibility index (Phi) is 1.18. The van der Waals surface area contributed by atoms with Gasteiger partial charge >= 0.3 is 0 Å². The lowest BCUT2D eigenvalue weighted by Gasteiger charge is -1.96. The van der Waals surface area contributed by atoms with Gasteiger partial charge in [0.2, 0.25) is 0 Å². The fourth-order valence-electron chi connectivity index (χ4n) is 1.04. The number of halogens is 1. The SMILES string of the molecule is Cc1cn2nccc2cc1F. The first kappa shape index (κ1) is 6.34. The summed E-state index contributed by atoms with van der Waals surface area (Å²) in [4.78, 5) is 0. The van der Waals surface area contributed by atoms with Crippen molar-refractivity contribution < 1.29 is 4.39 Å². The summed E-state index contributed by atoms with van der Waals surface area (Å²) in [5.74, 6) is -0.182. The molecule has 2 heterocycles. The number of hydrogen-bond donors (Lipinski definition) is 0. The van der Waals surface area contributed by atoms with Gasteiger partial charge in [-0.05, 0) is 19.1 Å². The van der Waals surface area contributed by atoms with Gasteiger partial charge in [-0.2, -0.15) is 5.10 Å². The molecule has 0 bridgehead atoms. The van der Waals surface area contributed by atoms with Gasteiger partial charge in [0.15, 0.2) is 0 Å². The summed E-state index contributed by atoms with van der Waals surface area (Å²) in [6, 6.07) is 3.24. The maximum Gasteiger partial charge on any atom is 0.129 e. The van der Waals surface area contributed by atoms with Crippen molar-refractivity contribution in [1.29, 1.82) is 0 Å². The standard InChI is InChI=1S/C8H7FN2/c1-6-5-11-7(2-3-10-11)4-8(6)9/h2-5H,1H3. The second-order valence-electron chi connectivity index (χ2n) is 2.51. The van der Waals surface area contributed by atoms with Crippen LogP contribution < -0.4 is 0 Å². The molecule has 0 aliphatic heterocycles. The van der Waals surface area contributed by atoms with Crippen LogP contribution in [-0.4, -0.2) is 9.61 Å². The van der Waals surface area contributed by atoms with Crippen molar-refractivity contribution in [3.05, 3.63) is 35.9 Å². The molecule has 0 unspecified atom stereocenters. The first-order valence-corrected chi connectivity index (χ1v) is 3.37. The molecule has 11 heavy (non-hydrogen) atoms. The number of aromatic nitrogens is 2. The van der Waals surface area contributed by atoms with Crippen LogP contribution in [0, 0.1) is 12.7 Å². The van der Waals surface area contributed by atoms with E-state index in [9.17, 15) is 4.39 Å². The van der Waals surface area contributed by atoms with Crippen molar-refractivity contribution >= 4 is 5.52 Å².